The van der Waals surface area contributed by atoms with E-state index in [0.717, 1.165) is 23.8 Å². The van der Waals surface area contributed by atoms with Crippen LogP contribution in [-0.2, 0) is 90.1 Å². The van der Waals surface area contributed by atoms with Crippen molar-refractivity contribution in [2.75, 3.05) is 46.2 Å². The zero-order valence-corrected chi connectivity index (χ0v) is 72.2. The maximum Gasteiger partial charge on any atom is 0.331 e. The van der Waals surface area contributed by atoms with Gasteiger partial charge < -0.3 is 203 Å². The average molecular weight is 1840 g/mol. The van der Waals surface area contributed by atoms with Crippen molar-refractivity contribution in [3.63, 3.8) is 0 Å². The van der Waals surface area contributed by atoms with Gasteiger partial charge in [0.05, 0.1) is 70.0 Å². The van der Waals surface area contributed by atoms with Crippen molar-refractivity contribution in [2.45, 2.75) is 359 Å². The maximum absolute atomic E-state index is 15.4. The summed E-state index contributed by atoms with van der Waals surface area (Å²) < 4.78 is 101. The second-order valence-corrected chi connectivity index (χ2v) is 38.9. The van der Waals surface area contributed by atoms with Crippen molar-refractivity contribution in [1.82, 2.24) is 0 Å². The standard InChI is InChI=1S/C85H130O43/c1-32-49(94)55(100)61(106)73(115-32)124-66-41(26-87)118-71(63(108)58(66)103)113-29-43-53(98)56(101)62(107)75(121-43)128-79(111)85-21-19-80(3,4)24-36(85)35-11-13-46-81(5)17-16-47(82(6,31-89)45(81)15-18-84(46,8)83(35,7)20-22-85)122-77-69(51(96)39(92)28-112-77)127-76-65(110)68(50(95)33(2)116-76)126-72-60(105)54(99)44(30-114-72)120-74-64(109)59(104)67(42(27-88)119-74)125-78-70(57(102)52(97)40(25-86)117-78)123-48(93)14-10-34-9-12-37(90)38(91)23-34/h9-12,14,23,32-33,36,39-47,49-78,86-92,94-110H,13,15-22,24-31H2,1-8H3/t32-,33-,36-,39-,40-,41-,42-,43-,44-,45-,46-,47-,49-,50-,51+,52-,53-,54+,55+,56+,57+,58-,59-,60-,61-,62-,63-,64-,65-,66-,67-,68+,69-,70-,71-,72+,73+,74+,75+,76+,77+,78+,81+,82-,83-,84-,85-/m0/s1. The third kappa shape index (κ3) is 18.4. The van der Waals surface area contributed by atoms with Gasteiger partial charge in [-0.25, -0.2) is 4.79 Å². The molecule has 128 heavy (non-hydrogen) atoms. The number of allylic oxidation sites excluding steroid dienone is 2. The van der Waals surface area contributed by atoms with Gasteiger partial charge in [0.2, 0.25) is 6.29 Å². The van der Waals surface area contributed by atoms with Crippen LogP contribution in [0.3, 0.4) is 0 Å². The van der Waals surface area contributed by atoms with Crippen LogP contribution in [0.25, 0.3) is 6.08 Å². The Kier molecular flexibility index (Phi) is 30.5. The highest BCUT2D eigenvalue weighted by molar-refractivity contribution is 5.87. The fraction of sp³-hybridized carbons (Fsp3) is 0.859. The molecule has 0 bridgehead atoms. The van der Waals surface area contributed by atoms with E-state index in [1.165, 1.54) is 26.0 Å². The van der Waals surface area contributed by atoms with E-state index in [1.807, 2.05) is 6.92 Å². The Balaban J connectivity index is 0.601. The van der Waals surface area contributed by atoms with Crippen LogP contribution in [0.2, 0.25) is 0 Å². The van der Waals surface area contributed by atoms with E-state index >= 15 is 4.79 Å². The molecule has 0 amide bonds. The van der Waals surface area contributed by atoms with Gasteiger partial charge in [-0.2, -0.15) is 0 Å². The first-order chi connectivity index (χ1) is 60.3. The summed E-state index contributed by atoms with van der Waals surface area (Å²) >= 11 is 0. The maximum atomic E-state index is 15.4. The average Bonchev–Trinajstić information content (AvgIpc) is 0.672. The fourth-order valence-electron chi connectivity index (χ4n) is 22.8. The Morgan fingerprint density at radius 3 is 1.66 bits per heavy atom. The SMILES string of the molecule is C[C@@H]1O[C@H](O[C@@H]2[C@@H](O)[C@H](O)[C@@H](OC[C@@H]3O[C@H](OC(=O)[C@]45CCC(C)(C)C[C@H]4C4=CC[C@H]6[C@]7(C)CC[C@H](O[C@H]8OC[C@H](O)[C@@H](O)[C@@H]8O[C@H]8O[C@@H](C)[C@H](O)[C@@H](O[C@H]9OC[C@H](O[C@H]%10O[C@@H](CO)[C@H](O[C@H]%11O[C@@H](CO)[C@H](O)[C@@H](O)[C@@H]%11OC(=O)C=Cc%11ccc(O)c(O)c%11)[C@@H](O)[C@@H]%10O)[C@@H](O)[C@@H]9O)[C@@H]8O)[C@@](C)(CO)[C@H]7CC[C@]6(C)[C@@]4(C)CC5)[C@@H](O)[C@H](O)[C@H]3O)O[C@H]2CO)[C@@H](O)[C@H](O)[C@H]1O. The molecule has 4 saturated carbocycles. The Bertz CT molecular complexity index is 3980. The molecule has 0 unspecified atom stereocenters. The number of hydrogen-bond acceptors (Lipinski definition) is 43. The van der Waals surface area contributed by atoms with Crippen molar-refractivity contribution in [1.29, 1.82) is 0 Å². The lowest BCUT2D eigenvalue weighted by Gasteiger charge is -2.71. The number of esters is 2. The Labute approximate surface area is 736 Å². The van der Waals surface area contributed by atoms with E-state index in [9.17, 15) is 127 Å². The molecule has 14 rings (SSSR count). The molecule has 728 valence electrons. The number of ether oxygens (including phenoxy) is 17. The second-order valence-electron chi connectivity index (χ2n) is 38.9. The number of rotatable bonds is 24. The molecule has 5 aliphatic carbocycles. The number of aliphatic hydroxyl groups excluding tert-OH is 22. The summed E-state index contributed by atoms with van der Waals surface area (Å²) in [6.07, 6.45) is -58.4. The van der Waals surface area contributed by atoms with Crippen LogP contribution >= 0.6 is 0 Å². The number of benzene rings is 1. The molecule has 0 spiro atoms. The van der Waals surface area contributed by atoms with E-state index < -0.39 is 330 Å². The predicted molar refractivity (Wildman–Crippen MR) is 423 cm³/mol. The quantitative estimate of drug-likeness (QED) is 0.0150. The molecule has 47 atom stereocenters. The highest BCUT2D eigenvalue weighted by Crippen LogP contribution is 2.76. The molecule has 0 aromatic heterocycles. The molecule has 43 nitrogen and oxygen atoms in total. The predicted octanol–water partition coefficient (Wildman–Crippen LogP) is -6.76. The Hall–Kier alpha value is -4.24. The number of aromatic hydroxyl groups is 2. The first kappa shape index (κ1) is 99.7. The topological polar surface area (TPSA) is 677 Å². The van der Waals surface area contributed by atoms with Gasteiger partial charge in [-0.05, 0) is 141 Å². The van der Waals surface area contributed by atoms with Crippen LogP contribution in [0.1, 0.15) is 125 Å². The van der Waals surface area contributed by atoms with E-state index in [4.69, 9.17) is 80.5 Å². The van der Waals surface area contributed by atoms with Crippen molar-refractivity contribution in [3.05, 3.63) is 41.5 Å². The van der Waals surface area contributed by atoms with Crippen molar-refractivity contribution in [2.24, 2.45) is 50.2 Å². The van der Waals surface area contributed by atoms with Crippen LogP contribution in [0.5, 0.6) is 11.5 Å². The van der Waals surface area contributed by atoms with Gasteiger partial charge >= 0.3 is 11.9 Å². The number of fused-ring (bicyclic) bond motifs is 7. The highest BCUT2D eigenvalue weighted by atomic mass is 16.8. The van der Waals surface area contributed by atoms with Gasteiger partial charge in [-0.3, -0.25) is 4.79 Å². The molecule has 1 aromatic rings. The van der Waals surface area contributed by atoms with Crippen LogP contribution in [0.15, 0.2) is 35.9 Å². The summed E-state index contributed by atoms with van der Waals surface area (Å²) in [5.41, 5.74) is -2.49. The van der Waals surface area contributed by atoms with Gasteiger partial charge in [0, 0.05) is 11.5 Å². The van der Waals surface area contributed by atoms with Crippen LogP contribution in [-0.4, -0.2) is 420 Å². The molecule has 0 radical (unpaired) electrons. The third-order valence-corrected chi connectivity index (χ3v) is 30.8. The lowest BCUT2D eigenvalue weighted by atomic mass is 9.33. The summed E-state index contributed by atoms with van der Waals surface area (Å²) in [6.45, 7) is 10.9. The van der Waals surface area contributed by atoms with Gasteiger partial charge in [0.1, 0.15) is 165 Å². The van der Waals surface area contributed by atoms with Gasteiger partial charge in [0.25, 0.3) is 0 Å². The lowest BCUT2D eigenvalue weighted by molar-refractivity contribution is -0.386. The van der Waals surface area contributed by atoms with Gasteiger partial charge in [-0.1, -0.05) is 59.3 Å². The van der Waals surface area contributed by atoms with Crippen molar-refractivity contribution < 1.29 is 213 Å². The van der Waals surface area contributed by atoms with Crippen LogP contribution in [0, 0.1) is 50.2 Å². The zero-order valence-electron chi connectivity index (χ0n) is 72.2. The molecular weight excluding hydrogens is 1710 g/mol. The minimum atomic E-state index is -2.13. The van der Waals surface area contributed by atoms with E-state index in [0.29, 0.717) is 64.2 Å². The van der Waals surface area contributed by atoms with E-state index in [1.54, 1.807) is 0 Å². The summed E-state index contributed by atoms with van der Waals surface area (Å²) in [5, 5.41) is 265. The van der Waals surface area contributed by atoms with E-state index in [-0.39, 0.29) is 35.3 Å². The summed E-state index contributed by atoms with van der Waals surface area (Å²) in [6, 6.07) is 3.60. The summed E-state index contributed by atoms with van der Waals surface area (Å²) in [4.78, 5) is 28.5. The number of hydrogen-bond donors (Lipinski definition) is 24. The Morgan fingerprint density at radius 1 is 0.453 bits per heavy atom. The van der Waals surface area contributed by atoms with Crippen LogP contribution < -0.4 is 0 Å². The molecule has 8 aliphatic heterocycles. The molecule has 13 aliphatic rings. The number of aliphatic hydroxyl groups is 22. The molecular formula is C85H130O43. The van der Waals surface area contributed by atoms with Crippen LogP contribution in [0.4, 0.5) is 0 Å². The second kappa shape index (κ2) is 39.1. The largest absolute Gasteiger partial charge is 0.504 e. The normalized spacial score (nSPS) is 51.0. The number of phenols is 2. The Morgan fingerprint density at radius 2 is 1.00 bits per heavy atom. The molecule has 43 heteroatoms. The zero-order chi connectivity index (χ0) is 93.0. The molecule has 1 aromatic carbocycles. The molecule has 12 fully saturated rings. The highest BCUT2D eigenvalue weighted by Gasteiger charge is 2.72. The van der Waals surface area contributed by atoms with E-state index in [2.05, 4.69) is 40.7 Å². The van der Waals surface area contributed by atoms with Gasteiger partial charge in [-0.15, -0.1) is 0 Å². The first-order valence-electron chi connectivity index (χ1n) is 44.1. The molecule has 8 saturated heterocycles. The number of carbonyl (C=O) groups excluding carboxylic acids is 2. The number of phenolic OH excluding ortho intramolecular Hbond substituents is 2. The summed E-state index contributed by atoms with van der Waals surface area (Å²) in [7, 11) is 0. The monoisotopic (exact) mass is 1840 g/mol. The summed E-state index contributed by atoms with van der Waals surface area (Å²) in [5.74, 6) is -3.39. The smallest absolute Gasteiger partial charge is 0.331 e. The van der Waals surface area contributed by atoms with Crippen molar-refractivity contribution >= 4 is 18.0 Å². The minimum absolute atomic E-state index is 0.00235. The first-order valence-corrected chi connectivity index (χ1v) is 44.1. The van der Waals surface area contributed by atoms with Crippen molar-refractivity contribution in [3.8, 4) is 11.5 Å². The van der Waals surface area contributed by atoms with Gasteiger partial charge in [0.15, 0.2) is 61.6 Å². The third-order valence-electron chi connectivity index (χ3n) is 30.8. The number of carbonyl (C=O) groups is 2. The minimum Gasteiger partial charge on any atom is -0.504 e. The molecule has 8 heterocycles. The lowest BCUT2D eigenvalue weighted by Crippen LogP contribution is -2.67. The molecule has 24 N–H and O–H groups in total. The fourth-order valence-corrected chi connectivity index (χ4v) is 22.8.